The van der Waals surface area contributed by atoms with Gasteiger partial charge in [0.05, 0.1) is 0 Å². The van der Waals surface area contributed by atoms with E-state index in [2.05, 4.69) is 164 Å². The summed E-state index contributed by atoms with van der Waals surface area (Å²) in [7, 11) is 0. The Hall–Kier alpha value is -4.32. The average Bonchev–Trinajstić information content (AvgIpc) is 3.46. The molecule has 6 aromatic rings. The molecule has 1 aliphatic carbocycles. The summed E-state index contributed by atoms with van der Waals surface area (Å²) in [6.45, 7) is 0. The number of benzene rings is 6. The van der Waals surface area contributed by atoms with Crippen molar-refractivity contribution in [3.05, 3.63) is 203 Å². The molecule has 0 aromatic heterocycles. The third-order valence-electron chi connectivity index (χ3n) is 8.12. The summed E-state index contributed by atoms with van der Waals surface area (Å²) in [4.78, 5) is 0. The van der Waals surface area contributed by atoms with E-state index in [9.17, 15) is 0 Å². The first-order valence-corrected chi connectivity index (χ1v) is 15.7. The van der Waals surface area contributed by atoms with Gasteiger partial charge in [-0.1, -0.05) is 0 Å². The van der Waals surface area contributed by atoms with E-state index in [1.807, 2.05) is 0 Å². The van der Waals surface area contributed by atoms with E-state index in [0.29, 0.717) is 0 Å². The molecule has 0 spiro atoms. The van der Waals surface area contributed by atoms with Gasteiger partial charge in [-0.05, 0) is 0 Å². The standard InChI is InChI=1S/C41H29.Zr/c1-5-16-30(17-6-1)28-38(31-18-7-2-8-19-31)41(33-22-11-4-12-23-33)40(32-20-9-3-10-21-32)37-27-15-26-36-35-25-14-13-24-34(35)29-39(36)37;/h1-27H,29H2;. The molecule has 197 valence electrons. The van der Waals surface area contributed by atoms with Gasteiger partial charge < -0.3 is 0 Å². The molecule has 1 heteroatoms. The third-order valence-corrected chi connectivity index (χ3v) is 9.44. The van der Waals surface area contributed by atoms with Crippen LogP contribution in [0.5, 0.6) is 0 Å². The van der Waals surface area contributed by atoms with E-state index in [4.69, 9.17) is 0 Å². The van der Waals surface area contributed by atoms with Crippen molar-refractivity contribution in [2.24, 2.45) is 0 Å². The SMILES string of the molecule is [Zr][C](=C(C(=C(c1ccccc1)c1cccc2c1Cc1ccccc1-2)c1ccccc1)c1ccccc1)c1ccccc1. The van der Waals surface area contributed by atoms with Crippen molar-refractivity contribution in [3.8, 4) is 11.1 Å². The second-order valence-corrected chi connectivity index (χ2v) is 11.9. The Morgan fingerprint density at radius 3 is 1.50 bits per heavy atom. The molecule has 0 N–H and O–H groups in total. The van der Waals surface area contributed by atoms with Crippen molar-refractivity contribution >= 4 is 20.0 Å². The van der Waals surface area contributed by atoms with Gasteiger partial charge in [0.1, 0.15) is 0 Å². The fraction of sp³-hybridized carbons (Fsp3) is 0.0244. The Kier molecular flexibility index (Phi) is 7.52. The van der Waals surface area contributed by atoms with Crippen molar-refractivity contribution < 1.29 is 24.7 Å². The molecule has 0 unspecified atom stereocenters. The zero-order chi connectivity index (χ0) is 28.3. The van der Waals surface area contributed by atoms with Crippen LogP contribution in [-0.4, -0.2) is 0 Å². The first-order chi connectivity index (χ1) is 20.8. The quantitative estimate of drug-likeness (QED) is 0.129. The van der Waals surface area contributed by atoms with Crippen LogP contribution in [0, 0.1) is 0 Å². The zero-order valence-electron chi connectivity index (χ0n) is 23.3. The molecular weight excluding hydrogens is 584 g/mol. The maximum absolute atomic E-state index is 2.34. The molecule has 0 aliphatic heterocycles. The summed E-state index contributed by atoms with van der Waals surface area (Å²) in [5.41, 5.74) is 15.6. The molecular formula is C41H29Zr. The Balaban J connectivity index is 1.64. The van der Waals surface area contributed by atoms with Gasteiger partial charge in [0, 0.05) is 0 Å². The van der Waals surface area contributed by atoms with Gasteiger partial charge >= 0.3 is 265 Å². The molecule has 0 heterocycles. The minimum absolute atomic E-state index is 0.938. The van der Waals surface area contributed by atoms with Crippen molar-refractivity contribution in [1.29, 1.82) is 0 Å². The van der Waals surface area contributed by atoms with E-state index in [-0.39, 0.29) is 0 Å². The predicted molar refractivity (Wildman–Crippen MR) is 173 cm³/mol. The Bertz CT molecular complexity index is 1920. The first-order valence-electron chi connectivity index (χ1n) is 14.4. The van der Waals surface area contributed by atoms with E-state index >= 15 is 0 Å². The van der Waals surface area contributed by atoms with Crippen LogP contribution >= 0.6 is 0 Å². The summed E-state index contributed by atoms with van der Waals surface area (Å²) in [5, 5.41) is 0. The van der Waals surface area contributed by atoms with Crippen molar-refractivity contribution in [1.82, 2.24) is 0 Å². The van der Waals surface area contributed by atoms with Crippen molar-refractivity contribution in [3.63, 3.8) is 0 Å². The number of hydrogen-bond acceptors (Lipinski definition) is 0. The first kappa shape index (κ1) is 26.6. The summed E-state index contributed by atoms with van der Waals surface area (Å²) >= 11 is 1.38. The van der Waals surface area contributed by atoms with E-state index in [0.717, 1.165) is 6.42 Å². The topological polar surface area (TPSA) is 0 Å². The molecule has 0 fully saturated rings. The van der Waals surface area contributed by atoms with E-state index in [1.54, 1.807) is 0 Å². The molecule has 7 rings (SSSR count). The normalized spacial score (nSPS) is 13.0. The number of hydrogen-bond donors (Lipinski definition) is 0. The van der Waals surface area contributed by atoms with Crippen molar-refractivity contribution in [2.45, 2.75) is 6.42 Å². The minimum atomic E-state index is 0.938. The van der Waals surface area contributed by atoms with Crippen LogP contribution in [0.15, 0.2) is 164 Å². The zero-order valence-corrected chi connectivity index (χ0v) is 25.8. The van der Waals surface area contributed by atoms with Crippen LogP contribution < -0.4 is 0 Å². The maximum atomic E-state index is 2.34. The monoisotopic (exact) mass is 611 g/mol. The average molecular weight is 613 g/mol. The summed E-state index contributed by atoms with van der Waals surface area (Å²) in [6.07, 6.45) is 0.938. The van der Waals surface area contributed by atoms with Crippen molar-refractivity contribution in [2.75, 3.05) is 0 Å². The van der Waals surface area contributed by atoms with Crippen LogP contribution in [0.3, 0.4) is 0 Å². The van der Waals surface area contributed by atoms with Gasteiger partial charge in [-0.2, -0.15) is 0 Å². The predicted octanol–water partition coefficient (Wildman–Crippen LogP) is 10.3. The van der Waals surface area contributed by atoms with Gasteiger partial charge in [0.15, 0.2) is 0 Å². The van der Waals surface area contributed by atoms with Crippen LogP contribution in [0.25, 0.3) is 31.1 Å². The molecule has 6 aromatic carbocycles. The van der Waals surface area contributed by atoms with Gasteiger partial charge in [0.2, 0.25) is 0 Å². The molecule has 1 aliphatic rings. The Morgan fingerprint density at radius 1 is 0.405 bits per heavy atom. The summed E-state index contributed by atoms with van der Waals surface area (Å²) < 4.78 is 1.34. The molecule has 0 nitrogen and oxygen atoms in total. The molecule has 0 bridgehead atoms. The Labute approximate surface area is 263 Å². The van der Waals surface area contributed by atoms with Gasteiger partial charge in [-0.3, -0.25) is 0 Å². The van der Waals surface area contributed by atoms with Crippen LogP contribution in [0.2, 0.25) is 0 Å². The van der Waals surface area contributed by atoms with Gasteiger partial charge in [-0.15, -0.1) is 0 Å². The fourth-order valence-corrected chi connectivity index (χ4v) is 7.29. The molecule has 42 heavy (non-hydrogen) atoms. The summed E-state index contributed by atoms with van der Waals surface area (Å²) in [6, 6.07) is 59.5. The van der Waals surface area contributed by atoms with E-state index in [1.165, 1.54) is 94.8 Å². The number of allylic oxidation sites excluding steroid dienone is 2. The summed E-state index contributed by atoms with van der Waals surface area (Å²) in [5.74, 6) is 0. The molecule has 0 radical (unpaired) electrons. The fourth-order valence-electron chi connectivity index (χ4n) is 6.22. The molecule has 0 atom stereocenters. The van der Waals surface area contributed by atoms with Crippen LogP contribution in [-0.2, 0) is 31.1 Å². The molecule has 0 saturated heterocycles. The van der Waals surface area contributed by atoms with Gasteiger partial charge in [-0.25, -0.2) is 0 Å². The third kappa shape index (κ3) is 5.00. The van der Waals surface area contributed by atoms with Gasteiger partial charge in [0.25, 0.3) is 0 Å². The van der Waals surface area contributed by atoms with E-state index < -0.39 is 0 Å². The second kappa shape index (κ2) is 11.9. The van der Waals surface area contributed by atoms with Crippen LogP contribution in [0.4, 0.5) is 0 Å². The number of rotatable bonds is 6. The number of fused-ring (bicyclic) bond motifs is 3. The van der Waals surface area contributed by atoms with Crippen LogP contribution in [0.1, 0.15) is 38.9 Å². The second-order valence-electron chi connectivity index (χ2n) is 10.6. The molecule has 0 saturated carbocycles. The molecule has 0 amide bonds. The Morgan fingerprint density at radius 2 is 0.881 bits per heavy atom.